The number of carbonyl (C=O) groups is 2. The van der Waals surface area contributed by atoms with Crippen LogP contribution in [0, 0.1) is 6.92 Å². The van der Waals surface area contributed by atoms with Gasteiger partial charge in [-0.2, -0.15) is 13.2 Å². The minimum Gasteiger partial charge on any atom is -0.491 e. The van der Waals surface area contributed by atoms with Gasteiger partial charge in [0.15, 0.2) is 0 Å². The Morgan fingerprint density at radius 1 is 1.21 bits per heavy atom. The quantitative estimate of drug-likeness (QED) is 0.452. The number of ether oxygens (including phenoxy) is 3. The molecule has 0 unspecified atom stereocenters. The van der Waals surface area contributed by atoms with E-state index < -0.39 is 36.1 Å². The van der Waals surface area contributed by atoms with E-state index in [1.54, 1.807) is 31.3 Å². The van der Waals surface area contributed by atoms with E-state index in [1.165, 1.54) is 23.3 Å². The van der Waals surface area contributed by atoms with Crippen LogP contribution >= 0.6 is 11.3 Å². The fourth-order valence-corrected chi connectivity index (χ4v) is 4.55. The number of carbonyl (C=O) groups excluding carboxylic acids is 2. The highest BCUT2D eigenvalue weighted by atomic mass is 32.1. The molecule has 0 bridgehead atoms. The maximum Gasteiger partial charge on any atom is 0.451 e. The highest BCUT2D eigenvalue weighted by molar-refractivity contribution is 7.14. The molecular formula is C25H26F3N5O5S. The number of aromatic nitrogens is 3. The Morgan fingerprint density at radius 2 is 1.95 bits per heavy atom. The number of rotatable bonds is 7. The summed E-state index contributed by atoms with van der Waals surface area (Å²) in [6.45, 7) is 4.68. The van der Waals surface area contributed by atoms with E-state index in [2.05, 4.69) is 20.3 Å². The minimum atomic E-state index is -4.66. The zero-order valence-corrected chi connectivity index (χ0v) is 22.1. The van der Waals surface area contributed by atoms with Gasteiger partial charge in [0, 0.05) is 46.7 Å². The van der Waals surface area contributed by atoms with Crippen LogP contribution in [0.2, 0.25) is 0 Å². The van der Waals surface area contributed by atoms with E-state index in [4.69, 9.17) is 14.2 Å². The number of morpholine rings is 1. The van der Waals surface area contributed by atoms with Gasteiger partial charge >= 0.3 is 12.3 Å². The Balaban J connectivity index is 1.51. The Morgan fingerprint density at radius 3 is 2.59 bits per heavy atom. The van der Waals surface area contributed by atoms with Crippen LogP contribution in [0.3, 0.4) is 0 Å². The topological polar surface area (TPSA) is 116 Å². The predicted molar refractivity (Wildman–Crippen MR) is 134 cm³/mol. The fourth-order valence-electron chi connectivity index (χ4n) is 3.80. The molecule has 0 radical (unpaired) electrons. The van der Waals surface area contributed by atoms with Crippen molar-refractivity contribution in [2.45, 2.75) is 32.2 Å². The fraction of sp³-hybridized carbons (Fsp3) is 0.400. The Labute approximate surface area is 226 Å². The van der Waals surface area contributed by atoms with Crippen molar-refractivity contribution in [2.24, 2.45) is 0 Å². The van der Waals surface area contributed by atoms with Crippen molar-refractivity contribution in [3.63, 3.8) is 0 Å². The lowest BCUT2D eigenvalue weighted by atomic mass is 10.1. The summed E-state index contributed by atoms with van der Waals surface area (Å²) in [5.74, 6) is -1.35. The number of methoxy groups -OCH3 is 1. The van der Waals surface area contributed by atoms with Crippen molar-refractivity contribution < 1.29 is 37.0 Å². The Kier molecular flexibility index (Phi) is 8.65. The molecule has 1 saturated heterocycles. The molecule has 1 aliphatic heterocycles. The van der Waals surface area contributed by atoms with Gasteiger partial charge < -0.3 is 24.4 Å². The lowest BCUT2D eigenvalue weighted by Crippen LogP contribution is -2.47. The number of amides is 2. The molecule has 4 rings (SSSR count). The summed E-state index contributed by atoms with van der Waals surface area (Å²) in [5.41, 5.74) is 1.22. The van der Waals surface area contributed by atoms with E-state index in [0.717, 1.165) is 17.3 Å². The van der Waals surface area contributed by atoms with E-state index in [9.17, 15) is 22.8 Å². The summed E-state index contributed by atoms with van der Waals surface area (Å²) in [6, 6.07) is 4.29. The maximum atomic E-state index is 13.2. The molecule has 2 atom stereocenters. The molecular weight excluding hydrogens is 539 g/mol. The second-order valence-corrected chi connectivity index (χ2v) is 10.0. The molecule has 0 saturated carbocycles. The van der Waals surface area contributed by atoms with Crippen LogP contribution in [0.5, 0.6) is 5.75 Å². The average Bonchev–Trinajstić information content (AvgIpc) is 3.37. The highest BCUT2D eigenvalue weighted by Gasteiger charge is 2.34. The van der Waals surface area contributed by atoms with Crippen LogP contribution in [-0.2, 0) is 15.7 Å². The van der Waals surface area contributed by atoms with Gasteiger partial charge in [-0.05, 0) is 32.0 Å². The molecule has 3 heterocycles. The number of benzene rings is 1. The first kappa shape index (κ1) is 28.2. The van der Waals surface area contributed by atoms with E-state index in [1.807, 2.05) is 6.92 Å². The third-order valence-electron chi connectivity index (χ3n) is 5.82. The summed E-state index contributed by atoms with van der Waals surface area (Å²) >= 11 is 1.45. The Bertz CT molecular complexity index is 1320. The smallest absolute Gasteiger partial charge is 0.451 e. The predicted octanol–water partition coefficient (Wildman–Crippen LogP) is 4.26. The van der Waals surface area contributed by atoms with Crippen LogP contribution in [0.15, 0.2) is 36.8 Å². The van der Waals surface area contributed by atoms with Gasteiger partial charge in [0.05, 0.1) is 26.3 Å². The van der Waals surface area contributed by atoms with Gasteiger partial charge in [-0.1, -0.05) is 0 Å². The standard InChI is InChI=1S/C25H26F3N5O5S/c1-14-9-29-22(39-14)17-6-16(21(34)32-15(2)18-10-30-23(31-11-18)25(26,27)28)7-19(8-17)38-13-20-12-33(4-5-37-20)24(35)36-3/h6-11,15,20H,4-5,12-13H2,1-3H3,(H,32,34)/t15-,20-/m1/s1. The molecule has 10 nitrogen and oxygen atoms in total. The first-order chi connectivity index (χ1) is 18.5. The molecule has 0 spiro atoms. The second-order valence-electron chi connectivity index (χ2n) is 8.77. The largest absolute Gasteiger partial charge is 0.491 e. The zero-order chi connectivity index (χ0) is 28.2. The van der Waals surface area contributed by atoms with Gasteiger partial charge in [0.2, 0.25) is 5.82 Å². The lowest BCUT2D eigenvalue weighted by molar-refractivity contribution is -0.145. The maximum absolute atomic E-state index is 13.2. The van der Waals surface area contributed by atoms with Crippen LogP contribution in [0.25, 0.3) is 10.6 Å². The molecule has 0 aliphatic carbocycles. The lowest BCUT2D eigenvalue weighted by Gasteiger charge is -2.31. The first-order valence-corrected chi connectivity index (χ1v) is 12.7. The van der Waals surface area contributed by atoms with E-state index >= 15 is 0 Å². The molecule has 3 aromatic rings. The van der Waals surface area contributed by atoms with Crippen molar-refractivity contribution in [1.82, 2.24) is 25.2 Å². The summed E-state index contributed by atoms with van der Waals surface area (Å²) in [4.78, 5) is 38.6. The Hall–Kier alpha value is -3.78. The van der Waals surface area contributed by atoms with Gasteiger partial charge in [-0.15, -0.1) is 11.3 Å². The number of aryl methyl sites for hydroxylation is 1. The van der Waals surface area contributed by atoms with Crippen LogP contribution < -0.4 is 10.1 Å². The van der Waals surface area contributed by atoms with Gasteiger partial charge in [0.25, 0.3) is 5.91 Å². The molecule has 1 N–H and O–H groups in total. The average molecular weight is 566 g/mol. The molecule has 14 heteroatoms. The first-order valence-electron chi connectivity index (χ1n) is 11.9. The van der Waals surface area contributed by atoms with Crippen molar-refractivity contribution in [1.29, 1.82) is 0 Å². The SMILES string of the molecule is COC(=O)N1CCO[C@@H](COc2cc(C(=O)N[C@H](C)c3cnc(C(F)(F)F)nc3)cc(-c3ncc(C)s3)c2)C1. The molecule has 2 aromatic heterocycles. The van der Waals surface area contributed by atoms with Gasteiger partial charge in [0.1, 0.15) is 23.5 Å². The third kappa shape index (κ3) is 7.20. The van der Waals surface area contributed by atoms with Crippen molar-refractivity contribution in [3.05, 3.63) is 58.6 Å². The highest BCUT2D eigenvalue weighted by Crippen LogP contribution is 2.30. The van der Waals surface area contributed by atoms with Crippen molar-refractivity contribution in [3.8, 4) is 16.3 Å². The van der Waals surface area contributed by atoms with Gasteiger partial charge in [-0.3, -0.25) is 4.79 Å². The van der Waals surface area contributed by atoms with Crippen LogP contribution in [0.1, 0.15) is 39.6 Å². The minimum absolute atomic E-state index is 0.119. The van der Waals surface area contributed by atoms with E-state index in [-0.39, 0.29) is 18.7 Å². The number of hydrogen-bond donors (Lipinski definition) is 1. The van der Waals surface area contributed by atoms with E-state index in [0.29, 0.717) is 35.0 Å². The summed E-state index contributed by atoms with van der Waals surface area (Å²) < 4.78 is 54.8. The number of halogens is 3. The normalized spacial score (nSPS) is 16.5. The number of alkyl halides is 3. The number of thiazole rings is 1. The summed E-state index contributed by atoms with van der Waals surface area (Å²) in [7, 11) is 1.31. The monoisotopic (exact) mass is 565 g/mol. The van der Waals surface area contributed by atoms with Crippen LogP contribution in [-0.4, -0.2) is 71.4 Å². The molecule has 2 amide bonds. The third-order valence-corrected chi connectivity index (χ3v) is 6.78. The number of hydrogen-bond acceptors (Lipinski definition) is 9. The molecule has 208 valence electrons. The second kappa shape index (κ2) is 11.9. The van der Waals surface area contributed by atoms with Crippen molar-refractivity contribution >= 4 is 23.3 Å². The molecule has 1 aromatic carbocycles. The van der Waals surface area contributed by atoms with Crippen LogP contribution in [0.4, 0.5) is 18.0 Å². The van der Waals surface area contributed by atoms with Crippen molar-refractivity contribution in [2.75, 3.05) is 33.4 Å². The molecule has 1 aliphatic rings. The van der Waals surface area contributed by atoms with Gasteiger partial charge in [-0.25, -0.2) is 19.7 Å². The molecule has 39 heavy (non-hydrogen) atoms. The molecule has 1 fully saturated rings. The zero-order valence-electron chi connectivity index (χ0n) is 21.3. The summed E-state index contributed by atoms with van der Waals surface area (Å²) in [5, 5.41) is 3.44. The number of nitrogens with zero attached hydrogens (tertiary/aromatic N) is 4. The summed E-state index contributed by atoms with van der Waals surface area (Å²) in [6.07, 6.45) is -1.72. The number of nitrogens with one attached hydrogen (secondary N) is 1.